The lowest BCUT2D eigenvalue weighted by Gasteiger charge is -2.23. The lowest BCUT2D eigenvalue weighted by Crippen LogP contribution is -2.34. The van der Waals surface area contributed by atoms with Gasteiger partial charge in [0.15, 0.2) is 11.6 Å². The van der Waals surface area contributed by atoms with Gasteiger partial charge in [-0.3, -0.25) is 4.79 Å². The third-order valence-electron chi connectivity index (χ3n) is 3.74. The molecular formula is C15H22ClFN2O2. The van der Waals surface area contributed by atoms with Crippen molar-refractivity contribution in [3.63, 3.8) is 0 Å². The van der Waals surface area contributed by atoms with Crippen molar-refractivity contribution < 1.29 is 13.9 Å². The van der Waals surface area contributed by atoms with E-state index in [9.17, 15) is 9.18 Å². The summed E-state index contributed by atoms with van der Waals surface area (Å²) >= 11 is 0. The van der Waals surface area contributed by atoms with Crippen molar-refractivity contribution in [2.24, 2.45) is 11.7 Å². The van der Waals surface area contributed by atoms with E-state index in [1.807, 2.05) is 6.92 Å². The van der Waals surface area contributed by atoms with Crippen LogP contribution in [0.25, 0.3) is 0 Å². The maximum Gasteiger partial charge on any atom is 0.257 e. The van der Waals surface area contributed by atoms with Crippen molar-refractivity contribution in [1.29, 1.82) is 0 Å². The summed E-state index contributed by atoms with van der Waals surface area (Å²) in [6, 6.07) is 4.57. The lowest BCUT2D eigenvalue weighted by molar-refractivity contribution is 0.0738. The van der Waals surface area contributed by atoms with Gasteiger partial charge in [0.2, 0.25) is 0 Å². The van der Waals surface area contributed by atoms with Gasteiger partial charge >= 0.3 is 0 Å². The Labute approximate surface area is 130 Å². The molecule has 0 bridgehead atoms. The van der Waals surface area contributed by atoms with Crippen LogP contribution in [0.15, 0.2) is 18.2 Å². The van der Waals surface area contributed by atoms with Gasteiger partial charge < -0.3 is 15.4 Å². The second kappa shape index (κ2) is 7.61. The fourth-order valence-electron chi connectivity index (χ4n) is 2.72. The molecule has 2 unspecified atom stereocenters. The predicted octanol–water partition coefficient (Wildman–Crippen LogP) is 2.46. The maximum atomic E-state index is 13.8. The van der Waals surface area contributed by atoms with Gasteiger partial charge in [-0.15, -0.1) is 12.4 Å². The third-order valence-corrected chi connectivity index (χ3v) is 3.74. The van der Waals surface area contributed by atoms with Gasteiger partial charge in [-0.05, 0) is 44.9 Å². The topological polar surface area (TPSA) is 55.6 Å². The Morgan fingerprint density at radius 3 is 2.81 bits per heavy atom. The number of ether oxygens (including phenoxy) is 1. The number of likely N-dealkylation sites (tertiary alicyclic amines) is 1. The molecule has 1 heterocycles. The first-order valence-electron chi connectivity index (χ1n) is 7.00. The zero-order valence-electron chi connectivity index (χ0n) is 12.3. The van der Waals surface area contributed by atoms with Crippen molar-refractivity contribution in [3.8, 4) is 5.75 Å². The summed E-state index contributed by atoms with van der Waals surface area (Å²) in [7, 11) is 0. The molecule has 1 aliphatic rings. The van der Waals surface area contributed by atoms with Crippen LogP contribution < -0.4 is 10.5 Å². The van der Waals surface area contributed by atoms with E-state index in [1.54, 1.807) is 17.9 Å². The Balaban J connectivity index is 0.00000220. The average molecular weight is 317 g/mol. The van der Waals surface area contributed by atoms with Crippen molar-refractivity contribution in [2.75, 3.05) is 19.7 Å². The van der Waals surface area contributed by atoms with Crippen LogP contribution in [-0.2, 0) is 0 Å². The molecule has 0 spiro atoms. The highest BCUT2D eigenvalue weighted by Gasteiger charge is 2.33. The van der Waals surface area contributed by atoms with Gasteiger partial charge in [-0.25, -0.2) is 4.39 Å². The van der Waals surface area contributed by atoms with Crippen LogP contribution in [0.5, 0.6) is 5.75 Å². The second-order valence-corrected chi connectivity index (χ2v) is 5.19. The minimum atomic E-state index is -0.500. The van der Waals surface area contributed by atoms with Crippen LogP contribution in [0.3, 0.4) is 0 Å². The zero-order valence-corrected chi connectivity index (χ0v) is 13.2. The Hall–Kier alpha value is -1.33. The van der Waals surface area contributed by atoms with Crippen molar-refractivity contribution in [2.45, 2.75) is 26.3 Å². The molecule has 1 fully saturated rings. The summed E-state index contributed by atoms with van der Waals surface area (Å²) in [5.41, 5.74) is 5.96. The average Bonchev–Trinajstić information content (AvgIpc) is 2.82. The summed E-state index contributed by atoms with van der Waals surface area (Å²) < 4.78 is 19.1. The summed E-state index contributed by atoms with van der Waals surface area (Å²) in [5.74, 6) is -0.322. The Kier molecular flexibility index (Phi) is 6.42. The molecule has 1 aromatic carbocycles. The predicted molar refractivity (Wildman–Crippen MR) is 82.5 cm³/mol. The number of para-hydroxylation sites is 1. The first-order chi connectivity index (χ1) is 9.58. The quantitative estimate of drug-likeness (QED) is 0.928. The first-order valence-corrected chi connectivity index (χ1v) is 7.00. The summed E-state index contributed by atoms with van der Waals surface area (Å²) in [4.78, 5) is 14.4. The highest BCUT2D eigenvalue weighted by molar-refractivity contribution is 5.97. The molecule has 21 heavy (non-hydrogen) atoms. The fourth-order valence-corrected chi connectivity index (χ4v) is 2.72. The van der Waals surface area contributed by atoms with Crippen LogP contribution in [0.1, 0.15) is 30.6 Å². The molecular weight excluding hydrogens is 295 g/mol. The number of rotatable bonds is 4. The third kappa shape index (κ3) is 3.66. The second-order valence-electron chi connectivity index (χ2n) is 5.19. The molecule has 0 radical (unpaired) electrons. The van der Waals surface area contributed by atoms with Gasteiger partial charge in [0, 0.05) is 12.6 Å². The van der Waals surface area contributed by atoms with E-state index in [-0.39, 0.29) is 35.7 Å². The van der Waals surface area contributed by atoms with Crippen LogP contribution in [0.2, 0.25) is 0 Å². The standard InChI is InChI=1S/C15H21FN2O2.ClH/c1-3-20-14-12(5-4-6-13(14)16)15(19)18-9-11(8-17)7-10(18)2;/h4-6,10-11H,3,7-9,17H2,1-2H3;1H. The lowest BCUT2D eigenvalue weighted by atomic mass is 10.1. The van der Waals surface area contributed by atoms with Gasteiger partial charge in [-0.2, -0.15) is 0 Å². The number of nitrogens with two attached hydrogens (primary N) is 1. The first kappa shape index (κ1) is 17.7. The molecule has 2 rings (SSSR count). The van der Waals surface area contributed by atoms with Gasteiger partial charge in [0.05, 0.1) is 12.2 Å². The molecule has 1 amide bonds. The molecule has 1 aliphatic heterocycles. The Bertz CT molecular complexity index is 499. The Morgan fingerprint density at radius 1 is 1.52 bits per heavy atom. The van der Waals surface area contributed by atoms with Crippen molar-refractivity contribution >= 4 is 18.3 Å². The summed E-state index contributed by atoms with van der Waals surface area (Å²) in [5, 5.41) is 0. The molecule has 118 valence electrons. The number of carbonyl (C=O) groups excluding carboxylic acids is 1. The minimum Gasteiger partial charge on any atom is -0.490 e. The Morgan fingerprint density at radius 2 is 2.24 bits per heavy atom. The van der Waals surface area contributed by atoms with Gasteiger partial charge in [0.1, 0.15) is 0 Å². The highest BCUT2D eigenvalue weighted by Crippen LogP contribution is 2.29. The largest absolute Gasteiger partial charge is 0.490 e. The summed E-state index contributed by atoms with van der Waals surface area (Å²) in [6.45, 7) is 5.27. The van der Waals surface area contributed by atoms with Crippen LogP contribution in [0.4, 0.5) is 4.39 Å². The molecule has 4 nitrogen and oxygen atoms in total. The van der Waals surface area contributed by atoms with Crippen LogP contribution in [0, 0.1) is 11.7 Å². The number of halogens is 2. The van der Waals surface area contributed by atoms with Crippen molar-refractivity contribution in [1.82, 2.24) is 4.90 Å². The molecule has 0 saturated carbocycles. The van der Waals surface area contributed by atoms with Crippen LogP contribution >= 0.6 is 12.4 Å². The number of hydrogen-bond acceptors (Lipinski definition) is 3. The maximum absolute atomic E-state index is 13.8. The minimum absolute atomic E-state index is 0. The van der Waals surface area contributed by atoms with E-state index in [0.29, 0.717) is 25.6 Å². The SMILES string of the molecule is CCOc1c(F)cccc1C(=O)N1CC(CN)CC1C.Cl. The molecule has 6 heteroatoms. The molecule has 2 N–H and O–H groups in total. The van der Waals surface area contributed by atoms with E-state index in [1.165, 1.54) is 12.1 Å². The molecule has 0 aromatic heterocycles. The normalized spacial score (nSPS) is 21.0. The van der Waals surface area contributed by atoms with E-state index in [4.69, 9.17) is 10.5 Å². The highest BCUT2D eigenvalue weighted by atomic mass is 35.5. The van der Waals surface area contributed by atoms with Crippen molar-refractivity contribution in [3.05, 3.63) is 29.6 Å². The number of hydrogen-bond donors (Lipinski definition) is 1. The molecule has 0 aliphatic carbocycles. The van der Waals surface area contributed by atoms with E-state index in [2.05, 4.69) is 0 Å². The molecule has 1 aromatic rings. The zero-order chi connectivity index (χ0) is 14.7. The van der Waals surface area contributed by atoms with Gasteiger partial charge in [0.25, 0.3) is 5.91 Å². The number of benzene rings is 1. The van der Waals surface area contributed by atoms with E-state index < -0.39 is 5.82 Å². The fraction of sp³-hybridized carbons (Fsp3) is 0.533. The smallest absolute Gasteiger partial charge is 0.257 e. The number of amides is 1. The van der Waals surface area contributed by atoms with Gasteiger partial charge in [-0.1, -0.05) is 6.07 Å². The van der Waals surface area contributed by atoms with E-state index in [0.717, 1.165) is 6.42 Å². The number of nitrogens with zero attached hydrogens (tertiary/aromatic N) is 1. The molecule has 1 saturated heterocycles. The monoisotopic (exact) mass is 316 g/mol. The van der Waals surface area contributed by atoms with E-state index >= 15 is 0 Å². The van der Waals surface area contributed by atoms with Crippen LogP contribution in [-0.4, -0.2) is 36.5 Å². The number of carbonyl (C=O) groups is 1. The summed E-state index contributed by atoms with van der Waals surface area (Å²) in [6.07, 6.45) is 0.890. The molecule has 2 atom stereocenters.